The van der Waals surface area contributed by atoms with Crippen LogP contribution in [0.5, 0.6) is 11.5 Å². The molecule has 0 aliphatic carbocycles. The highest BCUT2D eigenvalue weighted by Crippen LogP contribution is 2.43. The average molecular weight is 250 g/mol. The van der Waals surface area contributed by atoms with E-state index in [-0.39, 0.29) is 6.10 Å². The lowest BCUT2D eigenvalue weighted by Gasteiger charge is -2.18. The van der Waals surface area contributed by atoms with Crippen molar-refractivity contribution in [1.82, 2.24) is 0 Å². The van der Waals surface area contributed by atoms with Gasteiger partial charge >= 0.3 is 0 Å². The number of hydrogen-bond donors (Lipinski definition) is 0. The van der Waals surface area contributed by atoms with Gasteiger partial charge in [0.1, 0.15) is 0 Å². The van der Waals surface area contributed by atoms with Gasteiger partial charge in [0.15, 0.2) is 11.5 Å². The summed E-state index contributed by atoms with van der Waals surface area (Å²) in [7, 11) is 3.29. The Hall–Kier alpha value is -1.26. The summed E-state index contributed by atoms with van der Waals surface area (Å²) in [6, 6.07) is 5.98. The average Bonchev–Trinajstić information content (AvgIpc) is 3.00. The second-order valence-electron chi connectivity index (χ2n) is 4.83. The summed E-state index contributed by atoms with van der Waals surface area (Å²) in [5.74, 6) is 2.52. The fraction of sp³-hybridized carbons (Fsp3) is 0.571. The highest BCUT2D eigenvalue weighted by molar-refractivity contribution is 5.43. The van der Waals surface area contributed by atoms with Crippen LogP contribution in [0.4, 0.5) is 0 Å². The SMILES string of the molecule is COc1ccc([C@@H]2OC[C@H]3COC[C@H]32)cc1OC. The van der Waals surface area contributed by atoms with Crippen molar-refractivity contribution in [3.05, 3.63) is 23.8 Å². The molecule has 0 amide bonds. The number of fused-ring (bicyclic) bond motifs is 1. The number of ether oxygens (including phenoxy) is 4. The van der Waals surface area contributed by atoms with Gasteiger partial charge in [0.2, 0.25) is 0 Å². The first kappa shape index (κ1) is 11.8. The van der Waals surface area contributed by atoms with E-state index in [0.29, 0.717) is 11.8 Å². The zero-order valence-corrected chi connectivity index (χ0v) is 10.7. The monoisotopic (exact) mass is 250 g/mol. The van der Waals surface area contributed by atoms with Gasteiger partial charge < -0.3 is 18.9 Å². The van der Waals surface area contributed by atoms with Crippen molar-refractivity contribution in [3.63, 3.8) is 0 Å². The Kier molecular flexibility index (Phi) is 3.14. The van der Waals surface area contributed by atoms with Gasteiger partial charge in [-0.1, -0.05) is 6.07 Å². The predicted octanol–water partition coefficient (Wildman–Crippen LogP) is 2.04. The number of hydrogen-bond acceptors (Lipinski definition) is 4. The van der Waals surface area contributed by atoms with E-state index in [1.54, 1.807) is 14.2 Å². The molecule has 0 saturated carbocycles. The van der Waals surface area contributed by atoms with E-state index in [2.05, 4.69) is 0 Å². The lowest BCUT2D eigenvalue weighted by Crippen LogP contribution is -2.12. The molecule has 1 aromatic rings. The van der Waals surface area contributed by atoms with Crippen molar-refractivity contribution in [2.45, 2.75) is 6.10 Å². The standard InChI is InChI=1S/C14H18O4/c1-15-12-4-3-9(5-13(12)16-2)14-11-8-17-6-10(11)7-18-14/h3-5,10-11,14H,6-8H2,1-2H3/t10-,11-,14+/m1/s1. The highest BCUT2D eigenvalue weighted by Gasteiger charge is 2.42. The second-order valence-corrected chi connectivity index (χ2v) is 4.83. The van der Waals surface area contributed by atoms with Crippen molar-refractivity contribution in [1.29, 1.82) is 0 Å². The van der Waals surface area contributed by atoms with Crippen molar-refractivity contribution in [3.8, 4) is 11.5 Å². The van der Waals surface area contributed by atoms with E-state index in [9.17, 15) is 0 Å². The Bertz CT molecular complexity index is 432. The molecule has 0 bridgehead atoms. The summed E-state index contributed by atoms with van der Waals surface area (Å²) in [5, 5.41) is 0. The maximum absolute atomic E-state index is 5.90. The summed E-state index contributed by atoms with van der Waals surface area (Å²) in [4.78, 5) is 0. The minimum absolute atomic E-state index is 0.123. The summed E-state index contributed by atoms with van der Waals surface area (Å²) in [5.41, 5.74) is 1.14. The fourth-order valence-corrected chi connectivity index (χ4v) is 2.85. The Morgan fingerprint density at radius 1 is 1.06 bits per heavy atom. The molecule has 98 valence electrons. The van der Waals surface area contributed by atoms with Crippen LogP contribution in [0, 0.1) is 11.8 Å². The summed E-state index contributed by atoms with van der Waals surface area (Å²) in [6.07, 6.45) is 0.123. The third-order valence-corrected chi connectivity index (χ3v) is 3.86. The predicted molar refractivity (Wildman–Crippen MR) is 66.0 cm³/mol. The molecule has 2 heterocycles. The topological polar surface area (TPSA) is 36.9 Å². The Labute approximate surface area is 107 Å². The van der Waals surface area contributed by atoms with E-state index in [1.165, 1.54) is 0 Å². The zero-order valence-electron chi connectivity index (χ0n) is 10.7. The van der Waals surface area contributed by atoms with Crippen LogP contribution < -0.4 is 9.47 Å². The maximum atomic E-state index is 5.90. The molecule has 2 aliphatic heterocycles. The first-order valence-electron chi connectivity index (χ1n) is 6.24. The molecule has 18 heavy (non-hydrogen) atoms. The maximum Gasteiger partial charge on any atom is 0.161 e. The van der Waals surface area contributed by atoms with Gasteiger partial charge in [-0.05, 0) is 17.7 Å². The first-order chi connectivity index (χ1) is 8.83. The molecule has 3 atom stereocenters. The smallest absolute Gasteiger partial charge is 0.161 e. The number of benzene rings is 1. The third kappa shape index (κ3) is 1.85. The lowest BCUT2D eigenvalue weighted by molar-refractivity contribution is 0.0501. The molecular weight excluding hydrogens is 232 g/mol. The van der Waals surface area contributed by atoms with Gasteiger partial charge in [-0.3, -0.25) is 0 Å². The van der Waals surface area contributed by atoms with Gasteiger partial charge in [0.05, 0.1) is 40.1 Å². The zero-order chi connectivity index (χ0) is 12.5. The van der Waals surface area contributed by atoms with Gasteiger partial charge in [0.25, 0.3) is 0 Å². The molecule has 1 aromatic carbocycles. The molecule has 0 N–H and O–H groups in total. The molecule has 2 fully saturated rings. The van der Waals surface area contributed by atoms with Crippen LogP contribution in [0.3, 0.4) is 0 Å². The molecule has 2 aliphatic rings. The number of rotatable bonds is 3. The molecular formula is C14H18O4. The summed E-state index contributed by atoms with van der Waals surface area (Å²) in [6.45, 7) is 2.42. The molecule has 0 aromatic heterocycles. The van der Waals surface area contributed by atoms with Gasteiger partial charge in [-0.15, -0.1) is 0 Å². The Morgan fingerprint density at radius 2 is 1.89 bits per heavy atom. The van der Waals surface area contributed by atoms with Crippen LogP contribution in [0.1, 0.15) is 11.7 Å². The molecule has 2 saturated heterocycles. The third-order valence-electron chi connectivity index (χ3n) is 3.86. The number of methoxy groups -OCH3 is 2. The van der Waals surface area contributed by atoms with Crippen LogP contribution in [-0.4, -0.2) is 34.0 Å². The van der Waals surface area contributed by atoms with E-state index >= 15 is 0 Å². The van der Waals surface area contributed by atoms with E-state index in [4.69, 9.17) is 18.9 Å². The van der Waals surface area contributed by atoms with E-state index in [1.807, 2.05) is 18.2 Å². The van der Waals surface area contributed by atoms with E-state index in [0.717, 1.165) is 36.9 Å². The van der Waals surface area contributed by atoms with Crippen molar-refractivity contribution in [2.24, 2.45) is 11.8 Å². The quantitative estimate of drug-likeness (QED) is 0.822. The minimum atomic E-state index is 0.123. The fourth-order valence-electron chi connectivity index (χ4n) is 2.85. The van der Waals surface area contributed by atoms with Gasteiger partial charge in [0, 0.05) is 11.8 Å². The molecule has 4 heteroatoms. The Balaban J connectivity index is 1.88. The Morgan fingerprint density at radius 3 is 2.67 bits per heavy atom. The van der Waals surface area contributed by atoms with Crippen LogP contribution in [0.25, 0.3) is 0 Å². The first-order valence-corrected chi connectivity index (χ1v) is 6.24. The van der Waals surface area contributed by atoms with Crippen molar-refractivity contribution in [2.75, 3.05) is 34.0 Å². The normalized spacial score (nSPS) is 30.2. The van der Waals surface area contributed by atoms with Crippen LogP contribution >= 0.6 is 0 Å². The van der Waals surface area contributed by atoms with Gasteiger partial charge in [-0.25, -0.2) is 0 Å². The summed E-state index contributed by atoms with van der Waals surface area (Å²) < 4.78 is 22.0. The van der Waals surface area contributed by atoms with Crippen LogP contribution in [-0.2, 0) is 9.47 Å². The van der Waals surface area contributed by atoms with E-state index < -0.39 is 0 Å². The molecule has 0 spiro atoms. The largest absolute Gasteiger partial charge is 0.493 e. The van der Waals surface area contributed by atoms with Gasteiger partial charge in [-0.2, -0.15) is 0 Å². The second kappa shape index (κ2) is 4.78. The van der Waals surface area contributed by atoms with Crippen LogP contribution in [0.15, 0.2) is 18.2 Å². The summed E-state index contributed by atoms with van der Waals surface area (Å²) >= 11 is 0. The molecule has 3 rings (SSSR count). The van der Waals surface area contributed by atoms with Crippen molar-refractivity contribution < 1.29 is 18.9 Å². The van der Waals surface area contributed by atoms with Crippen LogP contribution in [0.2, 0.25) is 0 Å². The lowest BCUT2D eigenvalue weighted by atomic mass is 9.90. The highest BCUT2D eigenvalue weighted by atomic mass is 16.5. The molecule has 4 nitrogen and oxygen atoms in total. The minimum Gasteiger partial charge on any atom is -0.493 e. The molecule has 0 radical (unpaired) electrons. The van der Waals surface area contributed by atoms with Crippen molar-refractivity contribution >= 4 is 0 Å². The molecule has 0 unspecified atom stereocenters.